The maximum absolute atomic E-state index is 10.8. The fourth-order valence-electron chi connectivity index (χ4n) is 1.39. The van der Waals surface area contributed by atoms with Crippen molar-refractivity contribution in [2.24, 2.45) is 5.73 Å². The van der Waals surface area contributed by atoms with E-state index >= 15 is 0 Å². The Hall–Kier alpha value is -1.14. The Labute approximate surface area is 81.6 Å². The van der Waals surface area contributed by atoms with Crippen LogP contribution in [0.3, 0.4) is 0 Å². The first-order chi connectivity index (χ1) is 6.61. The van der Waals surface area contributed by atoms with E-state index in [1.165, 1.54) is 0 Å². The number of carboxylic acids is 1. The number of hydrogen-bond donors (Lipinski definition) is 2. The van der Waals surface area contributed by atoms with Crippen molar-refractivity contribution in [3.8, 4) is 0 Å². The lowest BCUT2D eigenvalue weighted by Gasteiger charge is -2.32. The molecule has 1 saturated heterocycles. The van der Waals surface area contributed by atoms with Crippen LogP contribution in [0.4, 0.5) is 0 Å². The first-order valence-corrected chi connectivity index (χ1v) is 4.44. The average Bonchev–Trinajstić information content (AvgIpc) is 2.15. The van der Waals surface area contributed by atoms with Crippen molar-refractivity contribution in [3.05, 3.63) is 0 Å². The topological polar surface area (TPSA) is 92.9 Å². The highest BCUT2D eigenvalue weighted by molar-refractivity contribution is 5.75. The van der Waals surface area contributed by atoms with Crippen LogP contribution in [-0.4, -0.2) is 54.2 Å². The first-order valence-electron chi connectivity index (χ1n) is 4.44. The van der Waals surface area contributed by atoms with Crippen LogP contribution in [0.1, 0.15) is 6.42 Å². The van der Waals surface area contributed by atoms with E-state index < -0.39 is 17.9 Å². The molecule has 1 atom stereocenters. The number of nitrogens with two attached hydrogens (primary N) is 1. The van der Waals surface area contributed by atoms with Gasteiger partial charge in [-0.3, -0.25) is 14.5 Å². The SMILES string of the molecule is NC(=O)CCN1CCOCC1C(=O)O. The molecule has 80 valence electrons. The molecule has 0 aromatic heterocycles. The minimum absolute atomic E-state index is 0.175. The molecule has 1 fully saturated rings. The maximum Gasteiger partial charge on any atom is 0.323 e. The van der Waals surface area contributed by atoms with E-state index in [1.54, 1.807) is 4.90 Å². The van der Waals surface area contributed by atoms with Crippen LogP contribution in [0.15, 0.2) is 0 Å². The number of hydrogen-bond acceptors (Lipinski definition) is 4. The lowest BCUT2D eigenvalue weighted by molar-refractivity contribution is -0.150. The lowest BCUT2D eigenvalue weighted by Crippen LogP contribution is -2.50. The Morgan fingerprint density at radius 3 is 2.86 bits per heavy atom. The van der Waals surface area contributed by atoms with Crippen molar-refractivity contribution in [2.75, 3.05) is 26.3 Å². The largest absolute Gasteiger partial charge is 0.480 e. The molecule has 0 aromatic carbocycles. The normalized spacial score (nSPS) is 23.3. The smallest absolute Gasteiger partial charge is 0.323 e. The van der Waals surface area contributed by atoms with Gasteiger partial charge < -0.3 is 15.6 Å². The molecule has 1 aliphatic rings. The molecular weight excluding hydrogens is 188 g/mol. The minimum atomic E-state index is -0.922. The zero-order valence-corrected chi connectivity index (χ0v) is 7.81. The van der Waals surface area contributed by atoms with E-state index in [2.05, 4.69) is 0 Å². The first kappa shape index (κ1) is 10.9. The average molecular weight is 202 g/mol. The molecule has 6 nitrogen and oxygen atoms in total. The Morgan fingerprint density at radius 2 is 2.29 bits per heavy atom. The second-order valence-electron chi connectivity index (χ2n) is 3.18. The van der Waals surface area contributed by atoms with E-state index in [0.29, 0.717) is 19.7 Å². The van der Waals surface area contributed by atoms with Gasteiger partial charge in [-0.15, -0.1) is 0 Å². The fourth-order valence-corrected chi connectivity index (χ4v) is 1.39. The fraction of sp³-hybridized carbons (Fsp3) is 0.750. The number of aliphatic carboxylic acids is 1. The third-order valence-corrected chi connectivity index (χ3v) is 2.17. The molecule has 6 heteroatoms. The van der Waals surface area contributed by atoms with E-state index in [-0.39, 0.29) is 13.0 Å². The van der Waals surface area contributed by atoms with E-state index in [4.69, 9.17) is 15.6 Å². The number of amides is 1. The number of morpholine rings is 1. The third kappa shape index (κ3) is 2.97. The van der Waals surface area contributed by atoms with Gasteiger partial charge in [0.25, 0.3) is 0 Å². The Balaban J connectivity index is 2.45. The van der Waals surface area contributed by atoms with Crippen LogP contribution in [0.25, 0.3) is 0 Å². The molecule has 0 aliphatic carbocycles. The predicted molar refractivity (Wildman–Crippen MR) is 47.6 cm³/mol. The molecule has 0 saturated carbocycles. The molecule has 1 amide bonds. The molecule has 0 radical (unpaired) electrons. The number of ether oxygens (including phenoxy) is 1. The minimum Gasteiger partial charge on any atom is -0.480 e. The lowest BCUT2D eigenvalue weighted by atomic mass is 10.2. The predicted octanol–water partition coefficient (Wildman–Crippen LogP) is -1.35. The van der Waals surface area contributed by atoms with Crippen molar-refractivity contribution in [1.29, 1.82) is 0 Å². The van der Waals surface area contributed by atoms with Gasteiger partial charge in [-0.25, -0.2) is 0 Å². The second kappa shape index (κ2) is 4.92. The number of primary amides is 1. The van der Waals surface area contributed by atoms with Crippen LogP contribution >= 0.6 is 0 Å². The van der Waals surface area contributed by atoms with Gasteiger partial charge in [-0.2, -0.15) is 0 Å². The monoisotopic (exact) mass is 202 g/mol. The maximum atomic E-state index is 10.8. The van der Waals surface area contributed by atoms with E-state index in [1.807, 2.05) is 0 Å². The summed E-state index contributed by atoms with van der Waals surface area (Å²) in [5.41, 5.74) is 4.99. The molecular formula is C8H14N2O4. The van der Waals surface area contributed by atoms with Crippen LogP contribution < -0.4 is 5.73 Å². The molecule has 1 rings (SSSR count). The molecule has 1 aliphatic heterocycles. The highest BCUT2D eigenvalue weighted by atomic mass is 16.5. The Morgan fingerprint density at radius 1 is 1.57 bits per heavy atom. The summed E-state index contributed by atoms with van der Waals surface area (Å²) in [6.07, 6.45) is 0.184. The summed E-state index contributed by atoms with van der Waals surface area (Å²) in [6.45, 7) is 1.59. The molecule has 14 heavy (non-hydrogen) atoms. The third-order valence-electron chi connectivity index (χ3n) is 2.17. The Kier molecular flexibility index (Phi) is 3.84. The molecule has 3 N–H and O–H groups in total. The molecule has 1 heterocycles. The van der Waals surface area contributed by atoms with Gasteiger partial charge in [0.2, 0.25) is 5.91 Å². The van der Waals surface area contributed by atoms with E-state index in [0.717, 1.165) is 0 Å². The zero-order valence-electron chi connectivity index (χ0n) is 7.81. The highest BCUT2D eigenvalue weighted by Crippen LogP contribution is 2.07. The van der Waals surface area contributed by atoms with Crippen LogP contribution in [-0.2, 0) is 14.3 Å². The van der Waals surface area contributed by atoms with Crippen molar-refractivity contribution in [3.63, 3.8) is 0 Å². The molecule has 0 bridgehead atoms. The number of rotatable bonds is 4. The second-order valence-corrected chi connectivity index (χ2v) is 3.18. The quantitative estimate of drug-likeness (QED) is 0.587. The van der Waals surface area contributed by atoms with Crippen molar-refractivity contribution >= 4 is 11.9 Å². The summed E-state index contributed by atoms with van der Waals surface area (Å²) in [4.78, 5) is 23.0. The summed E-state index contributed by atoms with van der Waals surface area (Å²) in [6, 6.07) is -0.650. The van der Waals surface area contributed by atoms with Crippen molar-refractivity contribution < 1.29 is 19.4 Å². The van der Waals surface area contributed by atoms with Crippen LogP contribution in [0.2, 0.25) is 0 Å². The molecule has 0 spiro atoms. The Bertz CT molecular complexity index is 231. The summed E-state index contributed by atoms with van der Waals surface area (Å²) in [5, 5.41) is 8.84. The van der Waals surface area contributed by atoms with E-state index in [9.17, 15) is 9.59 Å². The van der Waals surface area contributed by atoms with Gasteiger partial charge >= 0.3 is 5.97 Å². The molecule has 1 unspecified atom stereocenters. The summed E-state index contributed by atoms with van der Waals surface area (Å²) in [5.74, 6) is -1.34. The summed E-state index contributed by atoms with van der Waals surface area (Å²) >= 11 is 0. The number of carboxylic acid groups (broad SMARTS) is 1. The molecule has 0 aromatic rings. The number of carbonyl (C=O) groups excluding carboxylic acids is 1. The van der Waals surface area contributed by atoms with Gasteiger partial charge in [0.15, 0.2) is 0 Å². The number of carbonyl (C=O) groups is 2. The van der Waals surface area contributed by atoms with Gasteiger partial charge in [0, 0.05) is 19.5 Å². The highest BCUT2D eigenvalue weighted by Gasteiger charge is 2.28. The van der Waals surface area contributed by atoms with Crippen molar-refractivity contribution in [2.45, 2.75) is 12.5 Å². The van der Waals surface area contributed by atoms with Crippen LogP contribution in [0, 0.1) is 0 Å². The van der Waals surface area contributed by atoms with Gasteiger partial charge in [-0.05, 0) is 0 Å². The van der Waals surface area contributed by atoms with Gasteiger partial charge in [0.1, 0.15) is 6.04 Å². The van der Waals surface area contributed by atoms with Gasteiger partial charge in [-0.1, -0.05) is 0 Å². The van der Waals surface area contributed by atoms with Crippen molar-refractivity contribution in [1.82, 2.24) is 4.90 Å². The number of nitrogens with zero attached hydrogens (tertiary/aromatic N) is 1. The van der Waals surface area contributed by atoms with Gasteiger partial charge in [0.05, 0.1) is 13.2 Å². The summed E-state index contributed by atoms with van der Waals surface area (Å²) < 4.78 is 5.04. The summed E-state index contributed by atoms with van der Waals surface area (Å²) in [7, 11) is 0. The zero-order chi connectivity index (χ0) is 10.6. The standard InChI is InChI=1S/C8H14N2O4/c9-7(11)1-2-10-3-4-14-5-6(10)8(12)13/h6H,1-5H2,(H2,9,11)(H,12,13). The van der Waals surface area contributed by atoms with Crippen LogP contribution in [0.5, 0.6) is 0 Å².